The fraction of sp³-hybridized carbons (Fsp3) is 0.545. The highest BCUT2D eigenvalue weighted by molar-refractivity contribution is 6.28. The first kappa shape index (κ1) is 21.1. The molecule has 1 aliphatic carbocycles. The molecule has 2 aliphatic rings. The largest absolute Gasteiger partial charge is 0.493 e. The Morgan fingerprint density at radius 1 is 1.20 bits per heavy atom. The van der Waals surface area contributed by atoms with Gasteiger partial charge in [0.2, 0.25) is 5.28 Å². The first-order valence-electron chi connectivity index (χ1n) is 10.6. The molecular formula is C22H28ClFN4O2. The Hall–Kier alpha value is -2.12. The number of piperidine rings is 1. The van der Waals surface area contributed by atoms with Crippen LogP contribution in [0.25, 0.3) is 0 Å². The van der Waals surface area contributed by atoms with Gasteiger partial charge in [-0.3, -0.25) is 4.90 Å². The van der Waals surface area contributed by atoms with Crippen LogP contribution in [-0.4, -0.2) is 54.4 Å². The molecule has 0 amide bonds. The van der Waals surface area contributed by atoms with E-state index in [0.717, 1.165) is 68.8 Å². The predicted molar refractivity (Wildman–Crippen MR) is 115 cm³/mol. The Labute approximate surface area is 181 Å². The number of alkyl halides is 1. The first-order chi connectivity index (χ1) is 14.7. The highest BCUT2D eigenvalue weighted by Crippen LogP contribution is 2.30. The summed E-state index contributed by atoms with van der Waals surface area (Å²) in [5.74, 6) is 2.15. The lowest BCUT2D eigenvalue weighted by Gasteiger charge is -2.33. The number of methoxy groups -OCH3 is 1. The number of rotatable bonds is 8. The molecule has 4 rings (SSSR count). The number of benzene rings is 1. The molecule has 1 N–H and O–H groups in total. The molecule has 2 aromatic rings. The Morgan fingerprint density at radius 2 is 2.03 bits per heavy atom. The number of hydrogen-bond acceptors (Lipinski definition) is 6. The van der Waals surface area contributed by atoms with Crippen LogP contribution in [-0.2, 0) is 19.4 Å². The summed E-state index contributed by atoms with van der Waals surface area (Å²) in [4.78, 5) is 11.3. The van der Waals surface area contributed by atoms with Crippen LogP contribution in [0.4, 0.5) is 10.2 Å². The molecule has 1 aromatic heterocycles. The van der Waals surface area contributed by atoms with Gasteiger partial charge < -0.3 is 14.8 Å². The lowest BCUT2D eigenvalue weighted by molar-refractivity contribution is 0.210. The van der Waals surface area contributed by atoms with Crippen molar-refractivity contribution in [1.29, 1.82) is 0 Å². The summed E-state index contributed by atoms with van der Waals surface area (Å²) in [5, 5.41) is 3.95. The van der Waals surface area contributed by atoms with Crippen LogP contribution in [0.1, 0.15) is 36.1 Å². The van der Waals surface area contributed by atoms with Crippen molar-refractivity contribution in [2.75, 3.05) is 38.8 Å². The van der Waals surface area contributed by atoms with Crippen LogP contribution in [0.5, 0.6) is 11.5 Å². The standard InChI is InChI=1S/C22H28ClFN4O2/c1-29-19-6-5-15(13-20(19)30-12-9-24)14-28-10-7-16(8-11-28)25-21-17-3-2-4-18(17)26-22(23)27-21/h5-6,13,16H,2-4,7-12,14H2,1H3,(H,25,26,27). The van der Waals surface area contributed by atoms with Crippen molar-refractivity contribution in [3.63, 3.8) is 0 Å². The molecule has 1 aromatic carbocycles. The molecule has 0 saturated carbocycles. The van der Waals surface area contributed by atoms with Gasteiger partial charge in [-0.25, -0.2) is 14.4 Å². The normalized spacial score (nSPS) is 17.0. The molecule has 6 nitrogen and oxygen atoms in total. The minimum Gasteiger partial charge on any atom is -0.493 e. The summed E-state index contributed by atoms with van der Waals surface area (Å²) in [6.45, 7) is 2.33. The van der Waals surface area contributed by atoms with Gasteiger partial charge in [-0.15, -0.1) is 0 Å². The number of hydrogen-bond donors (Lipinski definition) is 1. The molecule has 1 fully saturated rings. The minimum atomic E-state index is -0.519. The third-order valence-corrected chi connectivity index (χ3v) is 5.97. The number of aromatic nitrogens is 2. The van der Waals surface area contributed by atoms with Crippen molar-refractivity contribution in [2.24, 2.45) is 0 Å². The molecule has 0 spiro atoms. The molecule has 0 unspecified atom stereocenters. The van der Waals surface area contributed by atoms with Gasteiger partial charge in [-0.05, 0) is 61.4 Å². The fourth-order valence-electron chi connectivity index (χ4n) is 4.29. The lowest BCUT2D eigenvalue weighted by atomic mass is 10.0. The smallest absolute Gasteiger partial charge is 0.224 e. The van der Waals surface area contributed by atoms with E-state index in [1.165, 1.54) is 5.56 Å². The van der Waals surface area contributed by atoms with Crippen LogP contribution in [0.2, 0.25) is 5.28 Å². The number of likely N-dealkylation sites (tertiary alicyclic amines) is 1. The van der Waals surface area contributed by atoms with Crippen molar-refractivity contribution < 1.29 is 13.9 Å². The molecule has 8 heteroatoms. The summed E-state index contributed by atoms with van der Waals surface area (Å²) in [6.07, 6.45) is 5.22. The van der Waals surface area contributed by atoms with E-state index in [2.05, 4.69) is 20.2 Å². The molecule has 0 atom stereocenters. The van der Waals surface area contributed by atoms with Gasteiger partial charge in [0.1, 0.15) is 19.1 Å². The van der Waals surface area contributed by atoms with E-state index >= 15 is 0 Å². The Kier molecular flexibility index (Phi) is 6.89. The molecule has 30 heavy (non-hydrogen) atoms. The minimum absolute atomic E-state index is 0.0354. The highest BCUT2D eigenvalue weighted by Gasteiger charge is 2.24. The maximum absolute atomic E-state index is 12.5. The summed E-state index contributed by atoms with van der Waals surface area (Å²) in [6, 6.07) is 6.26. The van der Waals surface area contributed by atoms with E-state index in [1.807, 2.05) is 18.2 Å². The molecule has 0 bridgehead atoms. The summed E-state index contributed by atoms with van der Waals surface area (Å²) in [7, 11) is 1.59. The zero-order valence-corrected chi connectivity index (χ0v) is 18.1. The topological polar surface area (TPSA) is 59.5 Å². The van der Waals surface area contributed by atoms with E-state index in [0.29, 0.717) is 22.8 Å². The lowest BCUT2D eigenvalue weighted by Crippen LogP contribution is -2.39. The number of anilines is 1. The van der Waals surface area contributed by atoms with Crippen molar-refractivity contribution in [2.45, 2.75) is 44.7 Å². The number of halogens is 2. The third kappa shape index (κ3) is 4.95. The van der Waals surface area contributed by atoms with Crippen LogP contribution in [0.3, 0.4) is 0 Å². The van der Waals surface area contributed by atoms with Gasteiger partial charge in [0.15, 0.2) is 11.5 Å². The molecule has 162 valence electrons. The third-order valence-electron chi connectivity index (χ3n) is 5.80. The number of ether oxygens (including phenoxy) is 2. The van der Waals surface area contributed by atoms with Crippen molar-refractivity contribution in [1.82, 2.24) is 14.9 Å². The summed E-state index contributed by atoms with van der Waals surface area (Å²) < 4.78 is 23.3. The zero-order chi connectivity index (χ0) is 20.9. The highest BCUT2D eigenvalue weighted by atomic mass is 35.5. The SMILES string of the molecule is COc1ccc(CN2CCC(Nc3nc(Cl)nc4c3CCC4)CC2)cc1OCCF. The maximum atomic E-state index is 12.5. The second-order valence-electron chi connectivity index (χ2n) is 7.84. The first-order valence-corrected chi connectivity index (χ1v) is 10.9. The molecular weight excluding hydrogens is 407 g/mol. The van der Waals surface area contributed by atoms with Crippen molar-refractivity contribution in [3.8, 4) is 11.5 Å². The maximum Gasteiger partial charge on any atom is 0.224 e. The van der Waals surface area contributed by atoms with Crippen molar-refractivity contribution >= 4 is 17.4 Å². The second-order valence-corrected chi connectivity index (χ2v) is 8.18. The molecule has 0 radical (unpaired) electrons. The number of aryl methyl sites for hydroxylation is 1. The van der Waals surface area contributed by atoms with Crippen molar-refractivity contribution in [3.05, 3.63) is 40.3 Å². The van der Waals surface area contributed by atoms with E-state index in [9.17, 15) is 4.39 Å². The van der Waals surface area contributed by atoms with Gasteiger partial charge >= 0.3 is 0 Å². The van der Waals surface area contributed by atoms with Gasteiger partial charge in [-0.1, -0.05) is 6.07 Å². The second kappa shape index (κ2) is 9.79. The zero-order valence-electron chi connectivity index (χ0n) is 17.3. The number of fused-ring (bicyclic) bond motifs is 1. The molecule has 1 aliphatic heterocycles. The van der Waals surface area contributed by atoms with E-state index < -0.39 is 6.67 Å². The van der Waals surface area contributed by atoms with Crippen LogP contribution >= 0.6 is 11.6 Å². The van der Waals surface area contributed by atoms with E-state index in [-0.39, 0.29) is 6.61 Å². The Morgan fingerprint density at radius 3 is 2.80 bits per heavy atom. The Balaban J connectivity index is 1.33. The molecule has 2 heterocycles. The van der Waals surface area contributed by atoms with Gasteiger partial charge in [0.05, 0.1) is 12.8 Å². The summed E-state index contributed by atoms with van der Waals surface area (Å²) in [5.41, 5.74) is 3.47. The number of nitrogens with zero attached hydrogens (tertiary/aromatic N) is 3. The quantitative estimate of drug-likeness (QED) is 0.632. The van der Waals surface area contributed by atoms with E-state index in [4.69, 9.17) is 21.1 Å². The number of nitrogens with one attached hydrogen (secondary N) is 1. The molecule has 1 saturated heterocycles. The van der Waals surface area contributed by atoms with Crippen LogP contribution in [0, 0.1) is 0 Å². The average molecular weight is 435 g/mol. The van der Waals surface area contributed by atoms with Gasteiger partial charge in [-0.2, -0.15) is 0 Å². The van der Waals surface area contributed by atoms with Crippen LogP contribution in [0.15, 0.2) is 18.2 Å². The Bertz CT molecular complexity index is 874. The van der Waals surface area contributed by atoms with Crippen LogP contribution < -0.4 is 14.8 Å². The average Bonchev–Trinajstić information content (AvgIpc) is 3.22. The summed E-state index contributed by atoms with van der Waals surface area (Å²) >= 11 is 6.12. The van der Waals surface area contributed by atoms with E-state index in [1.54, 1.807) is 7.11 Å². The van der Waals surface area contributed by atoms with Gasteiger partial charge in [0, 0.05) is 31.2 Å². The fourth-order valence-corrected chi connectivity index (χ4v) is 4.48. The predicted octanol–water partition coefficient (Wildman–Crippen LogP) is 4.05. The van der Waals surface area contributed by atoms with Gasteiger partial charge in [0.25, 0.3) is 0 Å². The monoisotopic (exact) mass is 434 g/mol.